The van der Waals surface area contributed by atoms with Crippen molar-refractivity contribution >= 4 is 29.4 Å². The van der Waals surface area contributed by atoms with E-state index >= 15 is 0 Å². The number of ether oxygens (including phenoxy) is 1. The zero-order chi connectivity index (χ0) is 22.7. The van der Waals surface area contributed by atoms with Gasteiger partial charge < -0.3 is 15.0 Å². The number of anilines is 2. The molecule has 0 unspecified atom stereocenters. The summed E-state index contributed by atoms with van der Waals surface area (Å²) < 4.78 is 23.0. The largest absolute Gasteiger partial charge is 0.378 e. The molecular formula is C21H26FN7O2S. The zero-order valence-electron chi connectivity index (χ0n) is 18.2. The smallest absolute Gasteiger partial charge is 0.238 e. The molecule has 32 heavy (non-hydrogen) atoms. The van der Waals surface area contributed by atoms with Gasteiger partial charge >= 0.3 is 0 Å². The third-order valence-corrected chi connectivity index (χ3v) is 6.08. The van der Waals surface area contributed by atoms with E-state index in [1.54, 1.807) is 40.6 Å². The standard InChI is InChI=1S/C21H26FN7O2S/c1-14(2)29-18(7-8-23-29)24-19(30)15(3)32-21-26-25-20(27-9-11-31-12-10-27)28(21)17-6-4-5-16(22)13-17/h4-8,13-15H,9-12H2,1-3H3,(H,24,30)/t15-/m0/s1. The molecule has 2 aromatic heterocycles. The lowest BCUT2D eigenvalue weighted by Crippen LogP contribution is -2.38. The van der Waals surface area contributed by atoms with E-state index < -0.39 is 5.25 Å². The Kier molecular flexibility index (Phi) is 6.75. The third kappa shape index (κ3) is 4.78. The Balaban J connectivity index is 1.59. The molecule has 1 saturated heterocycles. The number of amides is 1. The number of benzene rings is 1. The van der Waals surface area contributed by atoms with Crippen molar-refractivity contribution in [2.24, 2.45) is 0 Å². The normalized spacial score (nSPS) is 15.2. The molecule has 4 rings (SSSR count). The van der Waals surface area contributed by atoms with E-state index in [4.69, 9.17) is 4.74 Å². The highest BCUT2D eigenvalue weighted by molar-refractivity contribution is 8.00. The Morgan fingerprint density at radius 2 is 1.97 bits per heavy atom. The maximum atomic E-state index is 14.0. The predicted molar refractivity (Wildman–Crippen MR) is 121 cm³/mol. The van der Waals surface area contributed by atoms with E-state index in [1.165, 1.54) is 23.9 Å². The van der Waals surface area contributed by atoms with Crippen molar-refractivity contribution < 1.29 is 13.9 Å². The molecule has 1 atom stereocenters. The Bertz CT molecular complexity index is 1080. The fourth-order valence-electron chi connectivity index (χ4n) is 3.41. The van der Waals surface area contributed by atoms with Gasteiger partial charge in [0.25, 0.3) is 0 Å². The molecule has 0 spiro atoms. The molecule has 0 saturated carbocycles. The van der Waals surface area contributed by atoms with Crippen LogP contribution >= 0.6 is 11.8 Å². The highest BCUT2D eigenvalue weighted by atomic mass is 32.2. The third-order valence-electron chi connectivity index (χ3n) is 5.04. The number of carbonyl (C=O) groups excluding carboxylic acids is 1. The van der Waals surface area contributed by atoms with E-state index in [0.29, 0.717) is 48.9 Å². The number of aromatic nitrogens is 5. The van der Waals surface area contributed by atoms with Crippen molar-refractivity contribution in [3.8, 4) is 5.69 Å². The molecule has 3 aromatic rings. The second-order valence-electron chi connectivity index (χ2n) is 7.70. The van der Waals surface area contributed by atoms with Gasteiger partial charge in [-0.25, -0.2) is 9.07 Å². The minimum absolute atomic E-state index is 0.121. The Morgan fingerprint density at radius 3 is 2.69 bits per heavy atom. The summed E-state index contributed by atoms with van der Waals surface area (Å²) in [5, 5.41) is 15.9. The van der Waals surface area contributed by atoms with Crippen molar-refractivity contribution in [2.45, 2.75) is 37.2 Å². The van der Waals surface area contributed by atoms with Crippen LogP contribution in [0.5, 0.6) is 0 Å². The van der Waals surface area contributed by atoms with Gasteiger partial charge in [-0.3, -0.25) is 9.36 Å². The fourth-order valence-corrected chi connectivity index (χ4v) is 4.27. The lowest BCUT2D eigenvalue weighted by Gasteiger charge is -2.28. The number of nitrogens with one attached hydrogen (secondary N) is 1. The molecule has 0 aliphatic carbocycles. The number of rotatable bonds is 7. The van der Waals surface area contributed by atoms with Crippen LogP contribution in [0.2, 0.25) is 0 Å². The fraction of sp³-hybridized carbons (Fsp3) is 0.429. The van der Waals surface area contributed by atoms with Crippen LogP contribution in [0, 0.1) is 5.82 Å². The number of carbonyl (C=O) groups is 1. The first-order valence-corrected chi connectivity index (χ1v) is 11.4. The maximum absolute atomic E-state index is 14.0. The van der Waals surface area contributed by atoms with Gasteiger partial charge in [0.2, 0.25) is 11.9 Å². The van der Waals surface area contributed by atoms with Gasteiger partial charge in [0, 0.05) is 25.2 Å². The zero-order valence-corrected chi connectivity index (χ0v) is 19.0. The molecule has 1 N–H and O–H groups in total. The van der Waals surface area contributed by atoms with E-state index in [0.717, 1.165) is 0 Å². The molecule has 1 aliphatic heterocycles. The van der Waals surface area contributed by atoms with Gasteiger partial charge in [0.05, 0.1) is 30.3 Å². The minimum atomic E-state index is -0.473. The lowest BCUT2D eigenvalue weighted by molar-refractivity contribution is -0.115. The van der Waals surface area contributed by atoms with E-state index in [1.807, 2.05) is 13.8 Å². The van der Waals surface area contributed by atoms with Crippen molar-refractivity contribution in [2.75, 3.05) is 36.5 Å². The average Bonchev–Trinajstić information content (AvgIpc) is 3.41. The van der Waals surface area contributed by atoms with Crippen LogP contribution in [0.1, 0.15) is 26.8 Å². The van der Waals surface area contributed by atoms with Crippen molar-refractivity contribution in [1.82, 2.24) is 24.5 Å². The van der Waals surface area contributed by atoms with Gasteiger partial charge in [-0.2, -0.15) is 5.10 Å². The summed E-state index contributed by atoms with van der Waals surface area (Å²) >= 11 is 1.27. The quantitative estimate of drug-likeness (QED) is 0.543. The Hall–Kier alpha value is -2.92. The van der Waals surface area contributed by atoms with Crippen molar-refractivity contribution in [3.63, 3.8) is 0 Å². The maximum Gasteiger partial charge on any atom is 0.238 e. The first-order valence-electron chi connectivity index (χ1n) is 10.5. The van der Waals surface area contributed by atoms with Crippen molar-refractivity contribution in [3.05, 3.63) is 42.3 Å². The van der Waals surface area contributed by atoms with E-state index in [9.17, 15) is 9.18 Å². The van der Waals surface area contributed by atoms with Crippen molar-refractivity contribution in [1.29, 1.82) is 0 Å². The van der Waals surface area contributed by atoms with Crippen LogP contribution in [0.15, 0.2) is 41.7 Å². The topological polar surface area (TPSA) is 90.1 Å². The summed E-state index contributed by atoms with van der Waals surface area (Å²) in [6.07, 6.45) is 1.66. The summed E-state index contributed by atoms with van der Waals surface area (Å²) in [7, 11) is 0. The van der Waals surface area contributed by atoms with Gasteiger partial charge in [0.1, 0.15) is 11.6 Å². The highest BCUT2D eigenvalue weighted by Gasteiger charge is 2.25. The number of hydrogen-bond acceptors (Lipinski definition) is 7. The lowest BCUT2D eigenvalue weighted by atomic mass is 10.3. The second-order valence-corrected chi connectivity index (χ2v) is 9.01. The molecule has 1 aromatic carbocycles. The van der Waals surface area contributed by atoms with E-state index in [2.05, 4.69) is 25.5 Å². The summed E-state index contributed by atoms with van der Waals surface area (Å²) in [6, 6.07) is 8.15. The molecule has 11 heteroatoms. The Morgan fingerprint density at radius 1 is 1.19 bits per heavy atom. The average molecular weight is 460 g/mol. The second kappa shape index (κ2) is 9.70. The summed E-state index contributed by atoms with van der Waals surface area (Å²) in [5.74, 6) is 0.705. The summed E-state index contributed by atoms with van der Waals surface area (Å²) in [4.78, 5) is 14.9. The molecule has 1 fully saturated rings. The SMILES string of the molecule is CC(C)n1nccc1NC(=O)[C@H](C)Sc1nnc(N2CCOCC2)n1-c1cccc(F)c1. The van der Waals surface area contributed by atoms with Crippen LogP contribution in [0.4, 0.5) is 16.2 Å². The van der Waals surface area contributed by atoms with Crippen LogP contribution in [-0.2, 0) is 9.53 Å². The van der Waals surface area contributed by atoms with Crippen LogP contribution in [-0.4, -0.2) is 62.0 Å². The van der Waals surface area contributed by atoms with Gasteiger partial charge in [0.15, 0.2) is 5.16 Å². The molecular weight excluding hydrogens is 433 g/mol. The molecule has 0 radical (unpaired) electrons. The number of hydrogen-bond donors (Lipinski definition) is 1. The number of morpholine rings is 1. The first kappa shape index (κ1) is 22.3. The Labute approximate surface area is 189 Å². The molecule has 1 aliphatic rings. The summed E-state index contributed by atoms with van der Waals surface area (Å²) in [5.41, 5.74) is 0.601. The molecule has 1 amide bonds. The molecule has 0 bridgehead atoms. The molecule has 9 nitrogen and oxygen atoms in total. The minimum Gasteiger partial charge on any atom is -0.378 e. The van der Waals surface area contributed by atoms with Crippen LogP contribution < -0.4 is 10.2 Å². The first-order chi connectivity index (χ1) is 15.4. The van der Waals surface area contributed by atoms with Gasteiger partial charge in [-0.1, -0.05) is 17.8 Å². The molecule has 3 heterocycles. The number of thioether (sulfide) groups is 1. The molecule has 170 valence electrons. The monoisotopic (exact) mass is 459 g/mol. The van der Waals surface area contributed by atoms with Gasteiger partial charge in [-0.05, 0) is 39.0 Å². The van der Waals surface area contributed by atoms with Crippen LogP contribution in [0.3, 0.4) is 0 Å². The van der Waals surface area contributed by atoms with Crippen LogP contribution in [0.25, 0.3) is 5.69 Å². The number of nitrogens with zero attached hydrogens (tertiary/aromatic N) is 6. The highest BCUT2D eigenvalue weighted by Crippen LogP contribution is 2.30. The van der Waals surface area contributed by atoms with Gasteiger partial charge in [-0.15, -0.1) is 10.2 Å². The van der Waals surface area contributed by atoms with E-state index in [-0.39, 0.29) is 17.8 Å². The predicted octanol–water partition coefficient (Wildman–Crippen LogP) is 3.14. The summed E-state index contributed by atoms with van der Waals surface area (Å²) in [6.45, 7) is 8.28. The number of halogens is 1.